The molecule has 268 valence electrons. The molecule has 0 amide bonds. The minimum Gasteiger partial charge on any atom is -0.494 e. The summed E-state index contributed by atoms with van der Waals surface area (Å²) in [5.74, 6) is -0.260. The van der Waals surface area contributed by atoms with E-state index >= 15 is 0 Å². The highest BCUT2D eigenvalue weighted by molar-refractivity contribution is 5.91. The van der Waals surface area contributed by atoms with Crippen molar-refractivity contribution in [2.24, 2.45) is 0 Å². The smallest absolute Gasteiger partial charge is 0.343 e. The van der Waals surface area contributed by atoms with Crippen molar-refractivity contribution in [1.82, 2.24) is 0 Å². The lowest BCUT2D eigenvalue weighted by Crippen LogP contribution is -2.15. The first-order valence-corrected chi connectivity index (χ1v) is 17.3. The second kappa shape index (κ2) is 25.6. The molecule has 10 heteroatoms. The van der Waals surface area contributed by atoms with Crippen molar-refractivity contribution in [3.05, 3.63) is 79.4 Å². The first kappa shape index (κ1) is 40.7. The van der Waals surface area contributed by atoms with Gasteiger partial charge in [0.1, 0.15) is 17.2 Å². The van der Waals surface area contributed by atoms with Crippen LogP contribution in [0.25, 0.3) is 0 Å². The number of carbonyl (C=O) groups is 4. The van der Waals surface area contributed by atoms with Crippen LogP contribution in [-0.4, -0.2) is 56.4 Å². The van der Waals surface area contributed by atoms with Crippen molar-refractivity contribution >= 4 is 23.9 Å². The van der Waals surface area contributed by atoms with Gasteiger partial charge >= 0.3 is 23.9 Å². The molecule has 0 fully saturated rings. The van der Waals surface area contributed by atoms with Gasteiger partial charge in [0.05, 0.1) is 31.5 Å². The van der Waals surface area contributed by atoms with Gasteiger partial charge in [0, 0.05) is 25.2 Å². The zero-order valence-electron chi connectivity index (χ0n) is 28.9. The summed E-state index contributed by atoms with van der Waals surface area (Å²) >= 11 is 0. The van der Waals surface area contributed by atoms with E-state index in [-0.39, 0.29) is 24.5 Å². The fourth-order valence-electron chi connectivity index (χ4n) is 4.74. The van der Waals surface area contributed by atoms with Crippen LogP contribution in [-0.2, 0) is 28.6 Å². The number of unbranched alkanes of at least 4 members (excludes halogenated alkanes) is 6. The molecule has 0 aliphatic heterocycles. The second-order valence-electron chi connectivity index (χ2n) is 11.5. The highest BCUT2D eigenvalue weighted by Crippen LogP contribution is 2.21. The van der Waals surface area contributed by atoms with Crippen LogP contribution in [0.3, 0.4) is 0 Å². The van der Waals surface area contributed by atoms with Crippen molar-refractivity contribution in [3.8, 4) is 17.2 Å². The summed E-state index contributed by atoms with van der Waals surface area (Å²) in [4.78, 5) is 47.1. The molecule has 0 saturated heterocycles. The van der Waals surface area contributed by atoms with Gasteiger partial charge in [-0.25, -0.2) is 14.4 Å². The molecule has 0 aromatic heterocycles. The second-order valence-corrected chi connectivity index (χ2v) is 11.5. The largest absolute Gasteiger partial charge is 0.494 e. The predicted molar refractivity (Wildman–Crippen MR) is 187 cm³/mol. The molecule has 10 nitrogen and oxygen atoms in total. The lowest BCUT2D eigenvalue weighted by Gasteiger charge is -2.17. The van der Waals surface area contributed by atoms with Gasteiger partial charge in [-0.05, 0) is 113 Å². The van der Waals surface area contributed by atoms with Crippen LogP contribution < -0.4 is 14.2 Å². The Hall–Kier alpha value is -4.44. The van der Waals surface area contributed by atoms with Crippen molar-refractivity contribution < 1.29 is 47.6 Å². The summed E-state index contributed by atoms with van der Waals surface area (Å²) in [7, 11) is 0. The van der Waals surface area contributed by atoms with Crippen molar-refractivity contribution in [3.63, 3.8) is 0 Å². The molecule has 0 heterocycles. The van der Waals surface area contributed by atoms with Crippen molar-refractivity contribution in [2.45, 2.75) is 96.5 Å². The number of rotatable bonds is 27. The van der Waals surface area contributed by atoms with Gasteiger partial charge in [-0.2, -0.15) is 0 Å². The third kappa shape index (κ3) is 19.2. The molecule has 0 aliphatic rings. The van der Waals surface area contributed by atoms with Crippen LogP contribution in [0.4, 0.5) is 0 Å². The Bertz CT molecular complexity index is 1270. The first-order chi connectivity index (χ1) is 23.8. The highest BCUT2D eigenvalue weighted by Gasteiger charge is 2.13. The van der Waals surface area contributed by atoms with Gasteiger partial charge in [-0.3, -0.25) is 4.79 Å². The molecule has 0 saturated carbocycles. The molecule has 1 atom stereocenters. The highest BCUT2D eigenvalue weighted by atomic mass is 16.5. The van der Waals surface area contributed by atoms with E-state index in [0.717, 1.165) is 76.7 Å². The number of esters is 4. The summed E-state index contributed by atoms with van der Waals surface area (Å²) in [5.41, 5.74) is 0.381. The van der Waals surface area contributed by atoms with E-state index in [1.165, 1.54) is 6.08 Å². The standard InChI is InChI=1S/C39H52O10/c1-4-16-32(44-27-11-7-9-13-29-46-36(40)5-2)17-15-18-38(42)48-34-23-25-35(26-24-34)49-39(43)31-19-21-33(22-20-31)45-28-12-8-10-14-30-47-37(41)6-3/h5-6,19-26,32H,2-4,7-18,27-30H2,1H3. The van der Waals surface area contributed by atoms with E-state index < -0.39 is 11.9 Å². The minimum atomic E-state index is -0.510. The van der Waals surface area contributed by atoms with Gasteiger partial charge in [0.15, 0.2) is 0 Å². The van der Waals surface area contributed by atoms with Crippen LogP contribution in [0.1, 0.15) is 101 Å². The number of benzene rings is 2. The first-order valence-electron chi connectivity index (χ1n) is 17.3. The number of carbonyl (C=O) groups excluding carboxylic acids is 4. The summed E-state index contributed by atoms with van der Waals surface area (Å²) in [6, 6.07) is 13.1. The molecule has 0 N–H and O–H groups in total. The van der Waals surface area contributed by atoms with Crippen LogP contribution in [0.5, 0.6) is 17.2 Å². The molecular formula is C39H52O10. The third-order valence-electron chi connectivity index (χ3n) is 7.40. The molecule has 0 aliphatic carbocycles. The van der Waals surface area contributed by atoms with Gasteiger partial charge in [0.25, 0.3) is 0 Å². The summed E-state index contributed by atoms with van der Waals surface area (Å²) in [5, 5.41) is 0. The molecule has 0 radical (unpaired) electrons. The molecule has 1 unspecified atom stereocenters. The molecule has 2 aromatic rings. The molecule has 0 spiro atoms. The minimum absolute atomic E-state index is 0.105. The fraction of sp³-hybridized carbons (Fsp3) is 0.487. The topological polar surface area (TPSA) is 124 Å². The van der Waals surface area contributed by atoms with Crippen LogP contribution in [0, 0.1) is 0 Å². The number of hydrogen-bond donors (Lipinski definition) is 0. The third-order valence-corrected chi connectivity index (χ3v) is 7.40. The number of ether oxygens (including phenoxy) is 6. The SMILES string of the molecule is C=CC(=O)OCCCCCCOc1ccc(C(=O)Oc2ccc(OC(=O)CCCC(CCC)OCCCCCCOC(=O)C=C)cc2)cc1. The van der Waals surface area contributed by atoms with Crippen LogP contribution >= 0.6 is 0 Å². The summed E-state index contributed by atoms with van der Waals surface area (Å²) in [6.45, 7) is 10.9. The van der Waals surface area contributed by atoms with Gasteiger partial charge in [-0.1, -0.05) is 32.9 Å². The Balaban J connectivity index is 1.61. The zero-order valence-corrected chi connectivity index (χ0v) is 28.9. The Morgan fingerprint density at radius 1 is 0.612 bits per heavy atom. The van der Waals surface area contributed by atoms with Gasteiger partial charge in [-0.15, -0.1) is 0 Å². The molecule has 0 bridgehead atoms. The Kier molecular flexibility index (Phi) is 21.2. The van der Waals surface area contributed by atoms with Crippen LogP contribution in [0.15, 0.2) is 73.8 Å². The average Bonchev–Trinajstić information content (AvgIpc) is 3.11. The molecule has 2 rings (SSSR count). The molecule has 49 heavy (non-hydrogen) atoms. The molecular weight excluding hydrogens is 628 g/mol. The maximum absolute atomic E-state index is 12.6. The quantitative estimate of drug-likeness (QED) is 0.0395. The summed E-state index contributed by atoms with van der Waals surface area (Å²) in [6.07, 6.45) is 13.3. The lowest BCUT2D eigenvalue weighted by molar-refractivity contribution is -0.138. The predicted octanol–water partition coefficient (Wildman–Crippen LogP) is 8.12. The molecule has 2 aromatic carbocycles. The van der Waals surface area contributed by atoms with Gasteiger partial charge in [0.2, 0.25) is 0 Å². The Morgan fingerprint density at radius 3 is 1.67 bits per heavy atom. The summed E-state index contributed by atoms with van der Waals surface area (Å²) < 4.78 is 32.7. The lowest BCUT2D eigenvalue weighted by atomic mass is 10.1. The van der Waals surface area contributed by atoms with Crippen molar-refractivity contribution in [2.75, 3.05) is 26.4 Å². The van der Waals surface area contributed by atoms with Gasteiger partial charge < -0.3 is 28.4 Å². The van der Waals surface area contributed by atoms with E-state index in [1.807, 2.05) is 0 Å². The average molecular weight is 681 g/mol. The van der Waals surface area contributed by atoms with E-state index in [4.69, 9.17) is 28.4 Å². The van der Waals surface area contributed by atoms with E-state index in [9.17, 15) is 19.2 Å². The normalized spacial score (nSPS) is 11.2. The van der Waals surface area contributed by atoms with Crippen LogP contribution in [0.2, 0.25) is 0 Å². The Labute approximate surface area is 290 Å². The maximum atomic E-state index is 12.6. The van der Waals surface area contributed by atoms with E-state index in [1.54, 1.807) is 48.5 Å². The Morgan fingerprint density at radius 2 is 1.12 bits per heavy atom. The number of hydrogen-bond acceptors (Lipinski definition) is 10. The van der Waals surface area contributed by atoms with E-state index in [0.29, 0.717) is 55.7 Å². The van der Waals surface area contributed by atoms with Crippen molar-refractivity contribution in [1.29, 1.82) is 0 Å². The zero-order chi connectivity index (χ0) is 35.5. The monoisotopic (exact) mass is 680 g/mol. The maximum Gasteiger partial charge on any atom is 0.343 e. The van der Waals surface area contributed by atoms with E-state index in [2.05, 4.69) is 20.1 Å². The fourth-order valence-corrected chi connectivity index (χ4v) is 4.74.